The van der Waals surface area contributed by atoms with Gasteiger partial charge in [0.05, 0.1) is 0 Å². The highest BCUT2D eigenvalue weighted by Crippen LogP contribution is 2.37. The Morgan fingerprint density at radius 3 is 2.47 bits per heavy atom. The Hall–Kier alpha value is -0.330. The van der Waals surface area contributed by atoms with E-state index in [-0.39, 0.29) is 13.0 Å². The molecule has 2 fully saturated rings. The number of aliphatic hydroxyl groups is 1. The van der Waals surface area contributed by atoms with Crippen molar-refractivity contribution in [1.29, 1.82) is 0 Å². The van der Waals surface area contributed by atoms with Gasteiger partial charge in [0, 0.05) is 19.6 Å². The molecule has 0 aliphatic carbocycles. The summed E-state index contributed by atoms with van der Waals surface area (Å²) in [5, 5.41) is 12.8. The van der Waals surface area contributed by atoms with Gasteiger partial charge in [-0.1, -0.05) is 0 Å². The van der Waals surface area contributed by atoms with E-state index in [9.17, 15) is 18.3 Å². The van der Waals surface area contributed by atoms with Crippen LogP contribution in [0.2, 0.25) is 0 Å². The molecule has 2 rings (SSSR count). The largest absolute Gasteiger partial charge is 0.418 e. The van der Waals surface area contributed by atoms with Gasteiger partial charge in [-0.05, 0) is 38.3 Å². The molecule has 1 atom stereocenters. The lowest BCUT2D eigenvalue weighted by atomic mass is 9.97. The number of likely N-dealkylation sites (tertiary alicyclic amines) is 1. The smallest absolute Gasteiger partial charge is 0.379 e. The van der Waals surface area contributed by atoms with E-state index in [2.05, 4.69) is 5.32 Å². The summed E-state index contributed by atoms with van der Waals surface area (Å²) in [7, 11) is 0. The first-order valence-electron chi connectivity index (χ1n) is 6.13. The lowest BCUT2D eigenvalue weighted by Gasteiger charge is -2.29. The van der Waals surface area contributed by atoms with Crippen LogP contribution in [0.25, 0.3) is 0 Å². The lowest BCUT2D eigenvalue weighted by Crippen LogP contribution is -2.48. The van der Waals surface area contributed by atoms with Crippen molar-refractivity contribution in [3.63, 3.8) is 0 Å². The maximum absolute atomic E-state index is 12.6. The molecule has 0 saturated carbocycles. The van der Waals surface area contributed by atoms with Crippen LogP contribution in [0.3, 0.4) is 0 Å². The quantitative estimate of drug-likeness (QED) is 0.769. The predicted octanol–water partition coefficient (Wildman–Crippen LogP) is 0.985. The van der Waals surface area contributed by atoms with Crippen molar-refractivity contribution in [2.75, 3.05) is 32.7 Å². The molecule has 2 saturated heterocycles. The third kappa shape index (κ3) is 2.92. The van der Waals surface area contributed by atoms with Crippen molar-refractivity contribution >= 4 is 0 Å². The number of nitrogens with one attached hydrogen (secondary N) is 1. The van der Waals surface area contributed by atoms with Crippen LogP contribution in [0.4, 0.5) is 13.2 Å². The minimum atomic E-state index is -4.50. The molecule has 2 aliphatic rings. The second-order valence-corrected chi connectivity index (χ2v) is 5.21. The SMILES string of the molecule is OC1(C(F)(F)F)CCN(CC2CCNCC2)C1. The first kappa shape index (κ1) is 13.1. The van der Waals surface area contributed by atoms with E-state index in [0.717, 1.165) is 25.9 Å². The highest BCUT2D eigenvalue weighted by molar-refractivity contribution is 4.96. The molecule has 0 radical (unpaired) electrons. The number of rotatable bonds is 2. The molecule has 17 heavy (non-hydrogen) atoms. The number of hydrogen-bond donors (Lipinski definition) is 2. The van der Waals surface area contributed by atoms with E-state index in [4.69, 9.17) is 0 Å². The van der Waals surface area contributed by atoms with Crippen LogP contribution in [0.15, 0.2) is 0 Å². The summed E-state index contributed by atoms with van der Waals surface area (Å²) in [5.74, 6) is 0.465. The summed E-state index contributed by atoms with van der Waals surface area (Å²) in [6, 6.07) is 0. The molecule has 2 aliphatic heterocycles. The van der Waals surface area contributed by atoms with Gasteiger partial charge in [0.1, 0.15) is 0 Å². The number of piperidine rings is 1. The van der Waals surface area contributed by atoms with Crippen LogP contribution >= 0.6 is 0 Å². The van der Waals surface area contributed by atoms with Crippen LogP contribution in [0, 0.1) is 5.92 Å². The molecular weight excluding hydrogens is 233 g/mol. The Morgan fingerprint density at radius 1 is 1.29 bits per heavy atom. The molecular formula is C11H19F3N2O. The normalized spacial score (nSPS) is 33.2. The number of β-amino-alcohol motifs (C(OH)–C–C–N with tert-alkyl or cyclic N) is 1. The Balaban J connectivity index is 1.85. The van der Waals surface area contributed by atoms with E-state index in [1.807, 2.05) is 0 Å². The molecule has 0 aromatic rings. The molecule has 1 unspecified atom stereocenters. The summed E-state index contributed by atoms with van der Waals surface area (Å²) < 4.78 is 37.8. The highest BCUT2D eigenvalue weighted by atomic mass is 19.4. The van der Waals surface area contributed by atoms with Crippen LogP contribution in [0.1, 0.15) is 19.3 Å². The van der Waals surface area contributed by atoms with Crippen molar-refractivity contribution in [2.45, 2.75) is 31.0 Å². The van der Waals surface area contributed by atoms with Gasteiger partial charge in [-0.2, -0.15) is 13.2 Å². The minimum Gasteiger partial charge on any atom is -0.379 e. The molecule has 2 heterocycles. The number of nitrogens with zero attached hydrogens (tertiary/aromatic N) is 1. The Kier molecular flexibility index (Phi) is 3.66. The fraction of sp³-hybridized carbons (Fsp3) is 1.00. The molecule has 0 aromatic heterocycles. The standard InChI is InChI=1S/C11H19F3N2O/c12-11(13,14)10(17)3-6-16(8-10)7-9-1-4-15-5-2-9/h9,15,17H,1-8H2. The number of halogens is 3. The topological polar surface area (TPSA) is 35.5 Å². The summed E-state index contributed by atoms with van der Waals surface area (Å²) in [6.45, 7) is 2.66. The van der Waals surface area contributed by atoms with Crippen molar-refractivity contribution in [1.82, 2.24) is 10.2 Å². The van der Waals surface area contributed by atoms with E-state index < -0.39 is 11.8 Å². The van der Waals surface area contributed by atoms with Crippen LogP contribution < -0.4 is 5.32 Å². The maximum Gasteiger partial charge on any atom is 0.418 e. The number of alkyl halides is 3. The Labute approximate surface area is 99.0 Å². The van der Waals surface area contributed by atoms with Crippen LogP contribution in [-0.2, 0) is 0 Å². The highest BCUT2D eigenvalue weighted by Gasteiger charge is 2.56. The van der Waals surface area contributed by atoms with Gasteiger partial charge in [-0.3, -0.25) is 4.90 Å². The number of hydrogen-bond acceptors (Lipinski definition) is 3. The van der Waals surface area contributed by atoms with Crippen molar-refractivity contribution in [3.05, 3.63) is 0 Å². The van der Waals surface area contributed by atoms with E-state index in [1.165, 1.54) is 0 Å². The fourth-order valence-corrected chi connectivity index (χ4v) is 2.69. The van der Waals surface area contributed by atoms with Crippen LogP contribution in [-0.4, -0.2) is 54.5 Å². The van der Waals surface area contributed by atoms with E-state index in [0.29, 0.717) is 19.0 Å². The molecule has 3 nitrogen and oxygen atoms in total. The average Bonchev–Trinajstić information content (AvgIpc) is 2.62. The van der Waals surface area contributed by atoms with Gasteiger partial charge >= 0.3 is 6.18 Å². The molecule has 2 N–H and O–H groups in total. The summed E-state index contributed by atoms with van der Waals surface area (Å²) >= 11 is 0. The second-order valence-electron chi connectivity index (χ2n) is 5.21. The second kappa shape index (κ2) is 4.74. The third-order valence-corrected chi connectivity index (χ3v) is 3.83. The zero-order valence-corrected chi connectivity index (χ0v) is 9.76. The predicted molar refractivity (Wildman–Crippen MR) is 57.7 cm³/mol. The van der Waals surface area contributed by atoms with Gasteiger partial charge in [0.25, 0.3) is 0 Å². The molecule has 0 bridgehead atoms. The first-order valence-corrected chi connectivity index (χ1v) is 6.13. The summed E-state index contributed by atoms with van der Waals surface area (Å²) in [6.07, 6.45) is -2.67. The van der Waals surface area contributed by atoms with Gasteiger partial charge in [-0.25, -0.2) is 0 Å². The van der Waals surface area contributed by atoms with Crippen molar-refractivity contribution in [2.24, 2.45) is 5.92 Å². The first-order chi connectivity index (χ1) is 7.91. The average molecular weight is 252 g/mol. The summed E-state index contributed by atoms with van der Waals surface area (Å²) in [4.78, 5) is 1.75. The monoisotopic (exact) mass is 252 g/mol. The van der Waals surface area contributed by atoms with E-state index >= 15 is 0 Å². The molecule has 0 amide bonds. The third-order valence-electron chi connectivity index (χ3n) is 3.83. The van der Waals surface area contributed by atoms with Gasteiger partial charge in [-0.15, -0.1) is 0 Å². The zero-order chi connectivity index (χ0) is 12.5. The summed E-state index contributed by atoms with van der Waals surface area (Å²) in [5.41, 5.74) is -2.49. The van der Waals surface area contributed by atoms with Gasteiger partial charge < -0.3 is 10.4 Å². The van der Waals surface area contributed by atoms with E-state index in [1.54, 1.807) is 4.90 Å². The fourth-order valence-electron chi connectivity index (χ4n) is 2.69. The van der Waals surface area contributed by atoms with Gasteiger partial charge in [0.2, 0.25) is 0 Å². The Morgan fingerprint density at radius 2 is 1.94 bits per heavy atom. The molecule has 6 heteroatoms. The molecule has 0 spiro atoms. The lowest BCUT2D eigenvalue weighted by molar-refractivity contribution is -0.254. The van der Waals surface area contributed by atoms with Gasteiger partial charge in [0.15, 0.2) is 5.60 Å². The zero-order valence-electron chi connectivity index (χ0n) is 9.76. The van der Waals surface area contributed by atoms with Crippen molar-refractivity contribution < 1.29 is 18.3 Å². The Bertz CT molecular complexity index is 266. The maximum atomic E-state index is 12.6. The van der Waals surface area contributed by atoms with Crippen molar-refractivity contribution in [3.8, 4) is 0 Å². The molecule has 0 aromatic carbocycles. The minimum absolute atomic E-state index is 0.193. The molecule has 100 valence electrons. The van der Waals surface area contributed by atoms with Crippen LogP contribution in [0.5, 0.6) is 0 Å².